The highest BCUT2D eigenvalue weighted by Gasteiger charge is 2.18. The fourth-order valence-corrected chi connectivity index (χ4v) is 3.66. The average Bonchev–Trinajstić information content (AvgIpc) is 3.28. The molecule has 1 unspecified atom stereocenters. The lowest BCUT2D eigenvalue weighted by atomic mass is 9.98. The minimum Gasteiger partial charge on any atom is -0.497 e. The number of para-hydroxylation sites is 2. The third kappa shape index (κ3) is 5.24. The Labute approximate surface area is 187 Å². The van der Waals surface area contributed by atoms with E-state index in [9.17, 15) is 4.79 Å². The molecule has 0 radical (unpaired) electrons. The lowest BCUT2D eigenvalue weighted by Gasteiger charge is -2.20. The van der Waals surface area contributed by atoms with Crippen molar-refractivity contribution in [3.8, 4) is 23.0 Å². The van der Waals surface area contributed by atoms with E-state index in [2.05, 4.69) is 10.6 Å². The number of nitrogens with one attached hydrogen (secondary N) is 2. The average molecular weight is 434 g/mol. The SMILES string of the molecule is COc1ccc(CC(Cc2ccc3c(c2)OCO3)NC(=O)Nc2ccccc2OC)cc1. The molecule has 1 atom stereocenters. The smallest absolute Gasteiger partial charge is 0.319 e. The normalized spacial score (nSPS) is 12.7. The predicted molar refractivity (Wildman–Crippen MR) is 122 cm³/mol. The van der Waals surface area contributed by atoms with Gasteiger partial charge in [-0.25, -0.2) is 4.79 Å². The Morgan fingerprint density at radius 1 is 0.906 bits per heavy atom. The van der Waals surface area contributed by atoms with Gasteiger partial charge < -0.3 is 29.6 Å². The minimum atomic E-state index is -0.297. The number of amides is 2. The van der Waals surface area contributed by atoms with Crippen molar-refractivity contribution in [2.24, 2.45) is 0 Å². The number of carbonyl (C=O) groups excluding carboxylic acids is 1. The van der Waals surface area contributed by atoms with E-state index >= 15 is 0 Å². The van der Waals surface area contributed by atoms with Crippen LogP contribution in [0.4, 0.5) is 10.5 Å². The van der Waals surface area contributed by atoms with Gasteiger partial charge in [0.05, 0.1) is 19.9 Å². The van der Waals surface area contributed by atoms with Crippen molar-refractivity contribution in [1.29, 1.82) is 0 Å². The van der Waals surface area contributed by atoms with Crippen LogP contribution in [-0.2, 0) is 12.8 Å². The number of methoxy groups -OCH3 is 2. The summed E-state index contributed by atoms with van der Waals surface area (Å²) >= 11 is 0. The monoisotopic (exact) mass is 434 g/mol. The van der Waals surface area contributed by atoms with E-state index < -0.39 is 0 Å². The molecular formula is C25H26N2O5. The molecular weight excluding hydrogens is 408 g/mol. The van der Waals surface area contributed by atoms with Crippen molar-refractivity contribution in [3.05, 3.63) is 77.9 Å². The van der Waals surface area contributed by atoms with Gasteiger partial charge in [-0.1, -0.05) is 30.3 Å². The highest BCUT2D eigenvalue weighted by molar-refractivity contribution is 5.91. The second-order valence-corrected chi connectivity index (χ2v) is 7.44. The number of hydrogen-bond acceptors (Lipinski definition) is 5. The van der Waals surface area contributed by atoms with E-state index in [1.807, 2.05) is 54.6 Å². The molecule has 2 N–H and O–H groups in total. The summed E-state index contributed by atoms with van der Waals surface area (Å²) in [6, 6.07) is 20.6. The van der Waals surface area contributed by atoms with E-state index in [0.29, 0.717) is 24.3 Å². The van der Waals surface area contributed by atoms with Gasteiger partial charge >= 0.3 is 6.03 Å². The predicted octanol–water partition coefficient (Wildman–Crippen LogP) is 4.41. The second kappa shape index (κ2) is 9.96. The summed E-state index contributed by atoms with van der Waals surface area (Å²) < 4.78 is 21.5. The molecule has 0 aromatic heterocycles. The summed E-state index contributed by atoms with van der Waals surface area (Å²) in [4.78, 5) is 12.8. The van der Waals surface area contributed by atoms with Crippen molar-refractivity contribution < 1.29 is 23.7 Å². The van der Waals surface area contributed by atoms with Crippen molar-refractivity contribution in [1.82, 2.24) is 5.32 Å². The first-order valence-electron chi connectivity index (χ1n) is 10.4. The Kier molecular flexibility index (Phi) is 6.65. The van der Waals surface area contributed by atoms with Crippen LogP contribution in [0.2, 0.25) is 0 Å². The summed E-state index contributed by atoms with van der Waals surface area (Å²) in [7, 11) is 3.21. The Bertz CT molecular complexity index is 1070. The number of rotatable bonds is 8. The zero-order valence-electron chi connectivity index (χ0n) is 18.1. The molecule has 3 aromatic rings. The van der Waals surface area contributed by atoms with Gasteiger partial charge in [-0.05, 0) is 60.4 Å². The molecule has 0 saturated carbocycles. The molecule has 7 nitrogen and oxygen atoms in total. The van der Waals surface area contributed by atoms with Gasteiger partial charge in [0.2, 0.25) is 6.79 Å². The van der Waals surface area contributed by atoms with Gasteiger partial charge in [-0.2, -0.15) is 0 Å². The molecule has 7 heteroatoms. The molecule has 2 amide bonds. The molecule has 0 saturated heterocycles. The lowest BCUT2D eigenvalue weighted by Crippen LogP contribution is -2.40. The van der Waals surface area contributed by atoms with Crippen LogP contribution in [0.15, 0.2) is 66.7 Å². The number of hydrogen-bond donors (Lipinski definition) is 2. The van der Waals surface area contributed by atoms with E-state index in [1.165, 1.54) is 0 Å². The number of benzene rings is 3. The molecule has 166 valence electrons. The Hall–Kier alpha value is -3.87. The molecule has 0 bridgehead atoms. The van der Waals surface area contributed by atoms with Crippen LogP contribution in [0.1, 0.15) is 11.1 Å². The van der Waals surface area contributed by atoms with Crippen molar-refractivity contribution in [2.45, 2.75) is 18.9 Å². The molecule has 0 fully saturated rings. The summed E-state index contributed by atoms with van der Waals surface area (Å²) in [6.45, 7) is 0.230. The van der Waals surface area contributed by atoms with Crippen LogP contribution in [0, 0.1) is 0 Å². The Balaban J connectivity index is 1.50. The molecule has 3 aromatic carbocycles. The first kappa shape index (κ1) is 21.4. The van der Waals surface area contributed by atoms with E-state index in [1.54, 1.807) is 26.4 Å². The highest BCUT2D eigenvalue weighted by atomic mass is 16.7. The lowest BCUT2D eigenvalue weighted by molar-refractivity contribution is 0.174. The molecule has 4 rings (SSSR count). The number of anilines is 1. The van der Waals surface area contributed by atoms with Gasteiger partial charge in [0.1, 0.15) is 11.5 Å². The minimum absolute atomic E-state index is 0.154. The number of urea groups is 1. The largest absolute Gasteiger partial charge is 0.497 e. The fraction of sp³-hybridized carbons (Fsp3) is 0.240. The number of carbonyl (C=O) groups is 1. The molecule has 0 spiro atoms. The van der Waals surface area contributed by atoms with Gasteiger partial charge in [-0.3, -0.25) is 0 Å². The van der Waals surface area contributed by atoms with Gasteiger partial charge in [-0.15, -0.1) is 0 Å². The molecule has 0 aliphatic carbocycles. The number of fused-ring (bicyclic) bond motifs is 1. The fourth-order valence-electron chi connectivity index (χ4n) is 3.66. The van der Waals surface area contributed by atoms with Crippen molar-refractivity contribution >= 4 is 11.7 Å². The summed E-state index contributed by atoms with van der Waals surface area (Å²) in [5, 5.41) is 5.98. The maximum absolute atomic E-state index is 12.8. The van der Waals surface area contributed by atoms with Crippen molar-refractivity contribution in [3.63, 3.8) is 0 Å². The van der Waals surface area contributed by atoms with Crippen LogP contribution < -0.4 is 29.6 Å². The molecule has 1 aliphatic heterocycles. The summed E-state index contributed by atoms with van der Waals surface area (Å²) in [6.07, 6.45) is 1.28. The zero-order chi connectivity index (χ0) is 22.3. The van der Waals surface area contributed by atoms with Gasteiger partial charge in [0, 0.05) is 6.04 Å². The van der Waals surface area contributed by atoms with Crippen LogP contribution in [0.25, 0.3) is 0 Å². The van der Waals surface area contributed by atoms with Crippen molar-refractivity contribution in [2.75, 3.05) is 26.3 Å². The van der Waals surface area contributed by atoms with Gasteiger partial charge in [0.15, 0.2) is 11.5 Å². The van der Waals surface area contributed by atoms with E-state index in [4.69, 9.17) is 18.9 Å². The van der Waals surface area contributed by atoms with Crippen LogP contribution in [0.5, 0.6) is 23.0 Å². The highest BCUT2D eigenvalue weighted by Crippen LogP contribution is 2.33. The van der Waals surface area contributed by atoms with Crippen LogP contribution >= 0.6 is 0 Å². The van der Waals surface area contributed by atoms with Gasteiger partial charge in [0.25, 0.3) is 0 Å². The van der Waals surface area contributed by atoms with E-state index in [0.717, 1.165) is 28.4 Å². The summed E-state index contributed by atoms with van der Waals surface area (Å²) in [5.74, 6) is 2.86. The second-order valence-electron chi connectivity index (χ2n) is 7.44. The Morgan fingerprint density at radius 3 is 2.41 bits per heavy atom. The Morgan fingerprint density at radius 2 is 1.62 bits per heavy atom. The summed E-state index contributed by atoms with van der Waals surface area (Å²) in [5.41, 5.74) is 2.75. The third-order valence-corrected chi connectivity index (χ3v) is 5.25. The maximum atomic E-state index is 12.8. The quantitative estimate of drug-likeness (QED) is 0.549. The van der Waals surface area contributed by atoms with Crippen LogP contribution in [-0.4, -0.2) is 33.1 Å². The first-order chi connectivity index (χ1) is 15.6. The standard InChI is InChI=1S/C25H26N2O5/c1-29-20-10-7-17(8-11-20)13-19(14-18-9-12-23-24(15-18)32-16-31-23)26-25(28)27-21-5-3-4-6-22(21)30-2/h3-12,15,19H,13-14,16H2,1-2H3,(H2,26,27,28). The third-order valence-electron chi connectivity index (χ3n) is 5.25. The van der Waals surface area contributed by atoms with E-state index in [-0.39, 0.29) is 18.9 Å². The van der Waals surface area contributed by atoms with Crippen LogP contribution in [0.3, 0.4) is 0 Å². The topological polar surface area (TPSA) is 78.0 Å². The maximum Gasteiger partial charge on any atom is 0.319 e. The number of ether oxygens (including phenoxy) is 4. The molecule has 32 heavy (non-hydrogen) atoms. The first-order valence-corrected chi connectivity index (χ1v) is 10.4. The molecule has 1 aliphatic rings. The molecule has 1 heterocycles. The zero-order valence-corrected chi connectivity index (χ0v) is 18.1.